The molecule has 5 rings (SSSR count). The van der Waals surface area contributed by atoms with Crippen LogP contribution in [0.3, 0.4) is 0 Å². The van der Waals surface area contributed by atoms with E-state index in [9.17, 15) is 13.2 Å². The van der Waals surface area contributed by atoms with Gasteiger partial charge in [-0.2, -0.15) is 0 Å². The Kier molecular flexibility index (Phi) is 6.30. The molecule has 2 heterocycles. The molecule has 36 heavy (non-hydrogen) atoms. The summed E-state index contributed by atoms with van der Waals surface area (Å²) in [7, 11) is -4.14. The zero-order chi connectivity index (χ0) is 25.4. The number of sulfone groups is 1. The number of fused-ring (bicyclic) bond motifs is 1. The van der Waals surface area contributed by atoms with Crippen LogP contribution in [0.2, 0.25) is 10.0 Å². The lowest BCUT2D eigenvalue weighted by Crippen LogP contribution is -2.10. The number of halogens is 2. The highest BCUT2D eigenvalue weighted by atomic mass is 35.5. The van der Waals surface area contributed by atoms with Gasteiger partial charge in [0.2, 0.25) is 26.6 Å². The second kappa shape index (κ2) is 9.43. The van der Waals surface area contributed by atoms with Crippen LogP contribution in [0.5, 0.6) is 0 Å². The third-order valence-electron chi connectivity index (χ3n) is 5.50. The molecule has 6 nitrogen and oxygen atoms in total. The Bertz CT molecular complexity index is 1710. The van der Waals surface area contributed by atoms with Crippen LogP contribution < -0.4 is 5.32 Å². The molecule has 0 unspecified atom stereocenters. The lowest BCUT2D eigenvalue weighted by atomic mass is 9.98. The van der Waals surface area contributed by atoms with E-state index < -0.39 is 20.8 Å². The van der Waals surface area contributed by atoms with Gasteiger partial charge in [-0.25, -0.2) is 13.4 Å². The highest BCUT2D eigenvalue weighted by Gasteiger charge is 2.30. The first-order valence-electron chi connectivity index (χ1n) is 10.7. The third kappa shape index (κ3) is 4.37. The maximum atomic E-state index is 13.5. The number of nitrogens with zero attached hydrogens (tertiary/aromatic N) is 1. The van der Waals surface area contributed by atoms with E-state index in [0.29, 0.717) is 32.3 Å². The average molecular weight is 536 g/mol. The quantitative estimate of drug-likeness (QED) is 0.260. The van der Waals surface area contributed by atoms with Crippen LogP contribution in [0, 0.1) is 6.92 Å². The Morgan fingerprint density at radius 1 is 0.889 bits per heavy atom. The number of carbonyl (C=O) groups excluding carboxylic acids is 1. The predicted octanol–water partition coefficient (Wildman–Crippen LogP) is 7.07. The van der Waals surface area contributed by atoms with Crippen molar-refractivity contribution in [3.63, 3.8) is 0 Å². The van der Waals surface area contributed by atoms with Gasteiger partial charge < -0.3 is 9.73 Å². The number of benzene rings is 3. The zero-order valence-electron chi connectivity index (χ0n) is 18.5. The average Bonchev–Trinajstić information content (AvgIpc) is 3.22. The van der Waals surface area contributed by atoms with Crippen molar-refractivity contribution in [1.82, 2.24) is 4.98 Å². The number of amides is 1. The number of carbonyl (C=O) groups is 1. The number of furan rings is 1. The number of aromatic nitrogens is 1. The summed E-state index contributed by atoms with van der Waals surface area (Å²) in [6.07, 6.45) is 0. The first kappa shape index (κ1) is 24.1. The molecular formula is C27H17Cl2N2O4S. The number of pyridine rings is 1. The van der Waals surface area contributed by atoms with E-state index in [-0.39, 0.29) is 16.3 Å². The van der Waals surface area contributed by atoms with Crippen molar-refractivity contribution < 1.29 is 17.6 Å². The van der Waals surface area contributed by atoms with E-state index in [2.05, 4.69) is 17.2 Å². The summed E-state index contributed by atoms with van der Waals surface area (Å²) in [5.74, 6) is -0.703. The lowest BCUT2D eigenvalue weighted by Gasteiger charge is -2.11. The van der Waals surface area contributed by atoms with Gasteiger partial charge in [0.05, 0.1) is 16.0 Å². The number of anilines is 1. The molecule has 179 valence electrons. The fourth-order valence-corrected chi connectivity index (χ4v) is 5.56. The molecule has 0 bridgehead atoms. The van der Waals surface area contributed by atoms with Gasteiger partial charge in [0, 0.05) is 28.1 Å². The lowest BCUT2D eigenvalue weighted by molar-refractivity contribution is -0.112. The normalized spacial score (nSPS) is 11.5. The number of hydrogen-bond donors (Lipinski definition) is 1. The molecular weight excluding hydrogens is 519 g/mol. The minimum atomic E-state index is -4.14. The molecule has 0 fully saturated rings. The van der Waals surface area contributed by atoms with Crippen molar-refractivity contribution in [2.24, 2.45) is 0 Å². The van der Waals surface area contributed by atoms with E-state index in [1.54, 1.807) is 54.6 Å². The highest BCUT2D eigenvalue weighted by Crippen LogP contribution is 2.42. The van der Waals surface area contributed by atoms with Crippen molar-refractivity contribution in [2.75, 3.05) is 5.32 Å². The van der Waals surface area contributed by atoms with Gasteiger partial charge in [0.25, 0.3) is 0 Å². The summed E-state index contributed by atoms with van der Waals surface area (Å²) in [5, 5.41) is 3.38. The molecule has 0 spiro atoms. The molecule has 1 radical (unpaired) electrons. The molecule has 1 amide bonds. The Labute approximate surface area is 217 Å². The van der Waals surface area contributed by atoms with Crippen molar-refractivity contribution in [3.8, 4) is 22.4 Å². The molecule has 0 aliphatic rings. The fourth-order valence-electron chi connectivity index (χ4n) is 3.86. The summed E-state index contributed by atoms with van der Waals surface area (Å²) < 4.78 is 32.8. The van der Waals surface area contributed by atoms with Gasteiger partial charge in [-0.05, 0) is 42.0 Å². The van der Waals surface area contributed by atoms with Crippen molar-refractivity contribution in [3.05, 3.63) is 102 Å². The summed E-state index contributed by atoms with van der Waals surface area (Å²) in [5.41, 5.74) is 2.46. The summed E-state index contributed by atoms with van der Waals surface area (Å²) in [4.78, 5) is 16.7. The zero-order valence-corrected chi connectivity index (χ0v) is 20.9. The molecule has 9 heteroatoms. The fraction of sp³-hybridized carbons (Fsp3) is 0. The van der Waals surface area contributed by atoms with Gasteiger partial charge in [0.15, 0.2) is 0 Å². The molecule has 2 aromatic heterocycles. The summed E-state index contributed by atoms with van der Waals surface area (Å²) >= 11 is 12.6. The minimum absolute atomic E-state index is 0.00729. The van der Waals surface area contributed by atoms with E-state index in [1.807, 2.05) is 18.2 Å². The summed E-state index contributed by atoms with van der Waals surface area (Å²) in [6.45, 7) is 3.34. The molecule has 1 N–H and O–H groups in total. The van der Waals surface area contributed by atoms with Crippen LogP contribution in [0.15, 0.2) is 99.3 Å². The SMILES string of the molecule is [CH2]C(=O)Nc1c(S(=O)(=O)c2ccccc2)oc2nc(-c3ccccc3Cl)c(-c3ccc(Cl)cc3)cc12. The van der Waals surface area contributed by atoms with E-state index in [4.69, 9.17) is 27.6 Å². The van der Waals surface area contributed by atoms with Gasteiger partial charge in [-0.15, -0.1) is 0 Å². The molecule has 0 saturated heterocycles. The van der Waals surface area contributed by atoms with Crippen LogP contribution in [0.1, 0.15) is 0 Å². The van der Waals surface area contributed by atoms with E-state index in [0.717, 1.165) is 5.56 Å². The maximum Gasteiger partial charge on any atom is 0.249 e. The molecule has 0 saturated carbocycles. The number of nitrogens with one attached hydrogen (secondary N) is 1. The molecule has 3 aromatic carbocycles. The van der Waals surface area contributed by atoms with Crippen LogP contribution >= 0.6 is 23.2 Å². The Hall–Kier alpha value is -3.65. The largest absolute Gasteiger partial charge is 0.424 e. The number of hydrogen-bond acceptors (Lipinski definition) is 5. The van der Waals surface area contributed by atoms with Gasteiger partial charge in [0.1, 0.15) is 5.69 Å². The van der Waals surface area contributed by atoms with Crippen LogP contribution in [0.4, 0.5) is 5.69 Å². The van der Waals surface area contributed by atoms with Gasteiger partial charge >= 0.3 is 0 Å². The first-order valence-corrected chi connectivity index (χ1v) is 12.9. The van der Waals surface area contributed by atoms with E-state index in [1.165, 1.54) is 12.1 Å². The van der Waals surface area contributed by atoms with Gasteiger partial charge in [-0.1, -0.05) is 71.7 Å². The first-order chi connectivity index (χ1) is 17.3. The van der Waals surface area contributed by atoms with Crippen LogP contribution in [-0.2, 0) is 14.6 Å². The Morgan fingerprint density at radius 2 is 1.56 bits per heavy atom. The third-order valence-corrected chi connectivity index (χ3v) is 7.75. The minimum Gasteiger partial charge on any atom is -0.424 e. The molecule has 0 aliphatic heterocycles. The topological polar surface area (TPSA) is 89.3 Å². The predicted molar refractivity (Wildman–Crippen MR) is 141 cm³/mol. The second-order valence-electron chi connectivity index (χ2n) is 7.85. The van der Waals surface area contributed by atoms with Crippen LogP contribution in [-0.4, -0.2) is 19.3 Å². The standard InChI is InChI=1S/C27H17Cl2N2O4S/c1-16(32)30-25-22-15-21(17-11-13-18(28)14-12-17)24(20-9-5-6-10-23(20)29)31-26(22)35-27(25)36(33,34)19-7-3-2-4-8-19/h2-15H,1H2,(H,30,32). The van der Waals surface area contributed by atoms with E-state index >= 15 is 0 Å². The summed E-state index contributed by atoms with van der Waals surface area (Å²) in [6, 6.07) is 23.7. The van der Waals surface area contributed by atoms with Crippen molar-refractivity contribution in [1.29, 1.82) is 0 Å². The maximum absolute atomic E-state index is 13.5. The Morgan fingerprint density at radius 3 is 2.22 bits per heavy atom. The van der Waals surface area contributed by atoms with Crippen molar-refractivity contribution >= 4 is 55.7 Å². The molecule has 0 atom stereocenters. The van der Waals surface area contributed by atoms with Crippen molar-refractivity contribution in [2.45, 2.75) is 9.99 Å². The smallest absolute Gasteiger partial charge is 0.249 e. The monoisotopic (exact) mass is 535 g/mol. The highest BCUT2D eigenvalue weighted by molar-refractivity contribution is 7.91. The molecule has 0 aliphatic carbocycles. The van der Waals surface area contributed by atoms with Gasteiger partial charge in [-0.3, -0.25) is 4.79 Å². The number of rotatable bonds is 5. The Balaban J connectivity index is 1.85. The second-order valence-corrected chi connectivity index (χ2v) is 10.5. The molecule has 5 aromatic rings. The van der Waals surface area contributed by atoms with Crippen LogP contribution in [0.25, 0.3) is 33.5 Å².